The number of anilines is 1. The van der Waals surface area contributed by atoms with Crippen molar-refractivity contribution in [2.75, 3.05) is 19.9 Å². The first kappa shape index (κ1) is 10.7. The number of ether oxygens (including phenoxy) is 1. The van der Waals surface area contributed by atoms with E-state index < -0.39 is 0 Å². The van der Waals surface area contributed by atoms with Gasteiger partial charge in [0.05, 0.1) is 7.11 Å². The maximum absolute atomic E-state index is 9.38. The molecule has 0 spiro atoms. The summed E-state index contributed by atoms with van der Waals surface area (Å²) in [5.41, 5.74) is 6.55. The van der Waals surface area contributed by atoms with Gasteiger partial charge in [-0.3, -0.25) is 4.99 Å². The zero-order valence-electron chi connectivity index (χ0n) is 7.91. The van der Waals surface area contributed by atoms with Crippen LogP contribution in [0.15, 0.2) is 17.1 Å². The predicted octanol–water partition coefficient (Wildman–Crippen LogP) is 1.60. The maximum atomic E-state index is 9.38. The Bertz CT molecular complexity index is 377. The molecule has 76 valence electrons. The van der Waals surface area contributed by atoms with Crippen LogP contribution in [0.25, 0.3) is 0 Å². The third kappa shape index (κ3) is 1.90. The quantitative estimate of drug-likeness (QED) is 0.581. The standard InChI is InChI=1S/C9H11ClN2O2/c1-12-9(10)5-3-8(14-2)7(13)4-6(5)11/h3-4,13H,11H2,1-2H3. The van der Waals surface area contributed by atoms with E-state index in [1.165, 1.54) is 13.2 Å². The van der Waals surface area contributed by atoms with E-state index >= 15 is 0 Å². The monoisotopic (exact) mass is 214 g/mol. The molecule has 5 heteroatoms. The molecule has 0 fully saturated rings. The van der Waals surface area contributed by atoms with Gasteiger partial charge in [0.25, 0.3) is 0 Å². The number of hydrogen-bond donors (Lipinski definition) is 2. The van der Waals surface area contributed by atoms with Crippen LogP contribution >= 0.6 is 11.6 Å². The summed E-state index contributed by atoms with van der Waals surface area (Å²) in [4.78, 5) is 3.79. The van der Waals surface area contributed by atoms with Gasteiger partial charge in [-0.25, -0.2) is 0 Å². The van der Waals surface area contributed by atoms with Crippen molar-refractivity contribution in [3.8, 4) is 11.5 Å². The fourth-order valence-corrected chi connectivity index (χ4v) is 1.21. The fourth-order valence-electron chi connectivity index (χ4n) is 1.05. The van der Waals surface area contributed by atoms with Crippen LogP contribution in [-0.4, -0.2) is 24.4 Å². The molecule has 0 saturated heterocycles. The summed E-state index contributed by atoms with van der Waals surface area (Å²) >= 11 is 5.81. The minimum absolute atomic E-state index is 0.0191. The molecule has 0 aliphatic rings. The Hall–Kier alpha value is -1.42. The van der Waals surface area contributed by atoms with E-state index in [1.54, 1.807) is 13.1 Å². The average molecular weight is 215 g/mol. The minimum Gasteiger partial charge on any atom is -0.504 e. The van der Waals surface area contributed by atoms with Gasteiger partial charge in [0.1, 0.15) is 5.17 Å². The van der Waals surface area contributed by atoms with Crippen molar-refractivity contribution in [1.29, 1.82) is 0 Å². The van der Waals surface area contributed by atoms with Gasteiger partial charge in [0.2, 0.25) is 0 Å². The van der Waals surface area contributed by atoms with Crippen molar-refractivity contribution >= 4 is 22.5 Å². The molecule has 1 aromatic rings. The molecular formula is C9H11ClN2O2. The van der Waals surface area contributed by atoms with E-state index in [1.807, 2.05) is 0 Å². The molecule has 14 heavy (non-hydrogen) atoms. The lowest BCUT2D eigenvalue weighted by atomic mass is 10.1. The molecule has 0 unspecified atom stereocenters. The van der Waals surface area contributed by atoms with Gasteiger partial charge >= 0.3 is 0 Å². The van der Waals surface area contributed by atoms with Crippen LogP contribution in [0.5, 0.6) is 11.5 Å². The summed E-state index contributed by atoms with van der Waals surface area (Å²) < 4.78 is 4.92. The van der Waals surface area contributed by atoms with Gasteiger partial charge in [-0.05, 0) is 6.07 Å². The highest BCUT2D eigenvalue weighted by Crippen LogP contribution is 2.31. The van der Waals surface area contributed by atoms with Crippen LogP contribution in [-0.2, 0) is 0 Å². The second kappa shape index (κ2) is 4.19. The van der Waals surface area contributed by atoms with E-state index in [0.717, 1.165) is 0 Å². The van der Waals surface area contributed by atoms with E-state index in [2.05, 4.69) is 4.99 Å². The zero-order valence-corrected chi connectivity index (χ0v) is 8.67. The summed E-state index contributed by atoms with van der Waals surface area (Å²) in [6.07, 6.45) is 0. The molecular weight excluding hydrogens is 204 g/mol. The number of methoxy groups -OCH3 is 1. The van der Waals surface area contributed by atoms with E-state index in [-0.39, 0.29) is 10.9 Å². The second-order valence-corrected chi connectivity index (χ2v) is 2.98. The molecule has 0 amide bonds. The van der Waals surface area contributed by atoms with Crippen LogP contribution in [0, 0.1) is 0 Å². The number of nitrogens with zero attached hydrogens (tertiary/aromatic N) is 1. The number of hydrogen-bond acceptors (Lipinski definition) is 4. The van der Waals surface area contributed by atoms with Crippen molar-refractivity contribution in [3.63, 3.8) is 0 Å². The molecule has 0 radical (unpaired) electrons. The third-order valence-corrected chi connectivity index (χ3v) is 2.14. The predicted molar refractivity (Wildman–Crippen MR) is 57.4 cm³/mol. The van der Waals surface area contributed by atoms with Crippen molar-refractivity contribution < 1.29 is 9.84 Å². The van der Waals surface area contributed by atoms with Gasteiger partial charge in [-0.2, -0.15) is 0 Å². The van der Waals surface area contributed by atoms with E-state index in [4.69, 9.17) is 22.1 Å². The first-order valence-electron chi connectivity index (χ1n) is 3.89. The highest BCUT2D eigenvalue weighted by Gasteiger charge is 2.10. The van der Waals surface area contributed by atoms with Crippen molar-refractivity contribution in [2.45, 2.75) is 0 Å². The Morgan fingerprint density at radius 2 is 2.21 bits per heavy atom. The number of rotatable bonds is 2. The third-order valence-electron chi connectivity index (χ3n) is 1.77. The molecule has 0 atom stereocenters. The van der Waals surface area contributed by atoms with Crippen molar-refractivity contribution in [1.82, 2.24) is 0 Å². The molecule has 1 rings (SSSR count). The molecule has 3 N–H and O–H groups in total. The Morgan fingerprint density at radius 1 is 1.57 bits per heavy atom. The Morgan fingerprint density at radius 3 is 2.71 bits per heavy atom. The number of aliphatic imine (C=N–C) groups is 1. The largest absolute Gasteiger partial charge is 0.504 e. The number of halogens is 1. The summed E-state index contributed by atoms with van der Waals surface area (Å²) in [5, 5.41) is 9.66. The molecule has 0 heterocycles. The Labute approximate surface area is 87.0 Å². The lowest BCUT2D eigenvalue weighted by Crippen LogP contribution is -1.99. The summed E-state index contributed by atoms with van der Waals surface area (Å²) in [6, 6.07) is 2.92. The number of benzene rings is 1. The number of nitrogens with two attached hydrogens (primary N) is 1. The van der Waals surface area contributed by atoms with Gasteiger partial charge in [0.15, 0.2) is 11.5 Å². The van der Waals surface area contributed by atoms with Crippen LogP contribution in [0.2, 0.25) is 0 Å². The summed E-state index contributed by atoms with van der Waals surface area (Å²) in [5.74, 6) is 0.297. The summed E-state index contributed by atoms with van der Waals surface area (Å²) in [6.45, 7) is 0. The van der Waals surface area contributed by atoms with Crippen LogP contribution in [0.3, 0.4) is 0 Å². The Balaban J connectivity index is 3.31. The molecule has 0 aliphatic heterocycles. The lowest BCUT2D eigenvalue weighted by molar-refractivity contribution is 0.373. The number of aromatic hydroxyl groups is 1. The molecule has 4 nitrogen and oxygen atoms in total. The molecule has 0 aliphatic carbocycles. The van der Waals surface area contributed by atoms with E-state index in [9.17, 15) is 5.11 Å². The highest BCUT2D eigenvalue weighted by molar-refractivity contribution is 6.70. The van der Waals surface area contributed by atoms with Crippen molar-refractivity contribution in [3.05, 3.63) is 17.7 Å². The van der Waals surface area contributed by atoms with Gasteiger partial charge < -0.3 is 15.6 Å². The normalized spacial score (nSPS) is 11.5. The van der Waals surface area contributed by atoms with Crippen molar-refractivity contribution in [2.24, 2.45) is 4.99 Å². The highest BCUT2D eigenvalue weighted by atomic mass is 35.5. The van der Waals surface area contributed by atoms with Gasteiger partial charge in [0, 0.05) is 24.4 Å². The van der Waals surface area contributed by atoms with Crippen LogP contribution < -0.4 is 10.5 Å². The summed E-state index contributed by atoms with van der Waals surface area (Å²) in [7, 11) is 3.01. The first-order valence-corrected chi connectivity index (χ1v) is 4.27. The molecule has 1 aromatic carbocycles. The second-order valence-electron chi connectivity index (χ2n) is 2.63. The minimum atomic E-state index is -0.0191. The number of phenolic OH excluding ortho intramolecular Hbond substituents is 1. The number of phenols is 1. The molecule has 0 aromatic heterocycles. The number of nitrogen functional groups attached to an aromatic ring is 1. The molecule has 0 saturated carbocycles. The fraction of sp³-hybridized carbons (Fsp3) is 0.222. The smallest absolute Gasteiger partial charge is 0.161 e. The SMILES string of the molecule is CN=C(Cl)c1cc(OC)c(O)cc1N. The van der Waals surface area contributed by atoms with Gasteiger partial charge in [-0.1, -0.05) is 11.6 Å². The lowest BCUT2D eigenvalue weighted by Gasteiger charge is -2.08. The van der Waals surface area contributed by atoms with Crippen LogP contribution in [0.1, 0.15) is 5.56 Å². The molecule has 0 bridgehead atoms. The van der Waals surface area contributed by atoms with Gasteiger partial charge in [-0.15, -0.1) is 0 Å². The average Bonchev–Trinajstić information content (AvgIpc) is 2.17. The van der Waals surface area contributed by atoms with Crippen LogP contribution in [0.4, 0.5) is 5.69 Å². The topological polar surface area (TPSA) is 67.8 Å². The zero-order chi connectivity index (χ0) is 10.7. The maximum Gasteiger partial charge on any atom is 0.161 e. The first-order chi connectivity index (χ1) is 6.60. The Kier molecular flexibility index (Phi) is 3.19. The van der Waals surface area contributed by atoms with E-state index in [0.29, 0.717) is 17.0 Å².